The second-order valence-electron chi connectivity index (χ2n) is 3.48. The number of hydrogen-bond donors (Lipinski definition) is 0. The summed E-state index contributed by atoms with van der Waals surface area (Å²) in [4.78, 5) is 8.84. The van der Waals surface area contributed by atoms with Gasteiger partial charge in [-0.2, -0.15) is 13.8 Å². The molecule has 0 fully saturated rings. The van der Waals surface area contributed by atoms with E-state index in [9.17, 15) is 17.7 Å². The van der Waals surface area contributed by atoms with Crippen LogP contribution in [0.3, 0.4) is 0 Å². The van der Waals surface area contributed by atoms with Crippen LogP contribution < -0.4 is 0 Å². The maximum atomic E-state index is 12.6. The molecule has 1 atom stereocenters. The van der Waals surface area contributed by atoms with E-state index in [1.54, 1.807) is 12.3 Å². The fourth-order valence-electron chi connectivity index (χ4n) is 1.11. The van der Waals surface area contributed by atoms with E-state index < -0.39 is 29.5 Å². The topological polar surface area (TPSA) is 57.5 Å². The highest BCUT2D eigenvalue weighted by molar-refractivity contribution is 7.93. The number of hydrogen-bond acceptors (Lipinski definition) is 5. The van der Waals surface area contributed by atoms with Gasteiger partial charge < -0.3 is 9.39 Å². The first-order valence-electron chi connectivity index (χ1n) is 5.70. The molecule has 1 heterocycles. The van der Waals surface area contributed by atoms with Crippen LogP contribution in [0.1, 0.15) is 19.0 Å². The van der Waals surface area contributed by atoms with E-state index in [0.29, 0.717) is 18.7 Å². The molecule has 20 heavy (non-hydrogen) atoms. The molecule has 112 valence electrons. The third-order valence-corrected chi connectivity index (χ3v) is 4.60. The van der Waals surface area contributed by atoms with Crippen molar-refractivity contribution in [3.63, 3.8) is 0 Å². The number of nitrogens with zero attached hydrogens (tertiary/aromatic N) is 2. The van der Waals surface area contributed by atoms with Crippen molar-refractivity contribution in [2.24, 2.45) is 5.16 Å². The molecule has 1 rings (SSSR count). The molecule has 0 aliphatic rings. The van der Waals surface area contributed by atoms with Crippen molar-refractivity contribution in [3.05, 3.63) is 23.0 Å². The van der Waals surface area contributed by atoms with Crippen molar-refractivity contribution in [1.29, 1.82) is 0 Å². The van der Waals surface area contributed by atoms with Crippen LogP contribution in [-0.2, 0) is 22.4 Å². The first kappa shape index (κ1) is 17.0. The fraction of sp³-hybridized carbons (Fsp3) is 0.455. The van der Waals surface area contributed by atoms with Gasteiger partial charge >= 0.3 is 10.4 Å². The van der Waals surface area contributed by atoms with Gasteiger partial charge in [0.25, 0.3) is 0 Å². The molecular weight excluding hydrogens is 313 g/mol. The van der Waals surface area contributed by atoms with Gasteiger partial charge in [0, 0.05) is 29.2 Å². The van der Waals surface area contributed by atoms with Crippen molar-refractivity contribution in [2.75, 3.05) is 12.4 Å². The van der Waals surface area contributed by atoms with E-state index in [1.165, 1.54) is 6.21 Å². The summed E-state index contributed by atoms with van der Waals surface area (Å²) in [5.41, 5.74) is 0.648. The molecule has 0 saturated carbocycles. The minimum atomic E-state index is -2.37. The van der Waals surface area contributed by atoms with E-state index >= 15 is 0 Å². The Hall–Kier alpha value is -1.06. The zero-order valence-corrected chi connectivity index (χ0v) is 12.3. The van der Waals surface area contributed by atoms with E-state index in [4.69, 9.17) is 4.84 Å². The quantitative estimate of drug-likeness (QED) is 0.418. The number of thiazole rings is 1. The van der Waals surface area contributed by atoms with Gasteiger partial charge in [-0.1, -0.05) is 16.5 Å². The molecule has 0 spiro atoms. The molecule has 0 radical (unpaired) electrons. The minimum absolute atomic E-state index is 0.219. The lowest BCUT2D eigenvalue weighted by molar-refractivity contribution is 0.160. The normalized spacial score (nSPS) is 12.7. The van der Waals surface area contributed by atoms with Crippen LogP contribution in [0.5, 0.6) is 0 Å². The summed E-state index contributed by atoms with van der Waals surface area (Å²) >= 11 is -0.443. The Labute approximate surface area is 121 Å². The van der Waals surface area contributed by atoms with E-state index in [2.05, 4.69) is 10.1 Å². The number of allylic oxidation sites excluding steroid dienone is 1. The average Bonchev–Trinajstić information content (AvgIpc) is 2.89. The van der Waals surface area contributed by atoms with Crippen LogP contribution in [0.25, 0.3) is 0 Å². The highest BCUT2D eigenvalue weighted by atomic mass is 32.2. The summed E-state index contributed by atoms with van der Waals surface area (Å²) in [5, 5.41) is 5.33. The van der Waals surface area contributed by atoms with Gasteiger partial charge in [-0.15, -0.1) is 0 Å². The Bertz CT molecular complexity index is 476. The maximum Gasteiger partial charge on any atom is 0.301 e. The van der Waals surface area contributed by atoms with Crippen molar-refractivity contribution in [1.82, 2.24) is 4.98 Å². The van der Waals surface area contributed by atoms with Gasteiger partial charge in [-0.3, -0.25) is 0 Å². The zero-order valence-electron chi connectivity index (χ0n) is 10.6. The Kier molecular flexibility index (Phi) is 7.63. The van der Waals surface area contributed by atoms with Crippen molar-refractivity contribution >= 4 is 28.7 Å². The molecule has 0 amide bonds. The second-order valence-corrected chi connectivity index (χ2v) is 6.08. The third-order valence-electron chi connectivity index (χ3n) is 2.02. The average molecular weight is 326 g/mol. The first-order valence-corrected chi connectivity index (χ1v) is 7.90. The smallest absolute Gasteiger partial charge is 0.301 e. The molecule has 0 aliphatic carbocycles. The van der Waals surface area contributed by atoms with Crippen LogP contribution in [0, 0.1) is 0 Å². The van der Waals surface area contributed by atoms with Gasteiger partial charge in [-0.25, -0.2) is 4.39 Å². The zero-order chi connectivity index (χ0) is 15.0. The lowest BCUT2D eigenvalue weighted by atomic mass is 10.4. The Morgan fingerprint density at radius 3 is 2.95 bits per heavy atom. The molecule has 1 aromatic rings. The monoisotopic (exact) mass is 326 g/mol. The summed E-state index contributed by atoms with van der Waals surface area (Å²) in [7, 11) is 0. The molecule has 0 aliphatic heterocycles. The number of halogens is 3. The van der Waals surface area contributed by atoms with E-state index in [-0.39, 0.29) is 10.1 Å². The summed E-state index contributed by atoms with van der Waals surface area (Å²) in [6, 6.07) is 0. The molecule has 0 saturated heterocycles. The minimum Gasteiger partial charge on any atom is -0.610 e. The SMILES string of the molecule is CCO/N=C/Cc1csc([S@@+]([O-])CCC(F)=C(F)F)n1. The van der Waals surface area contributed by atoms with Crippen LogP contribution in [-0.4, -0.2) is 28.1 Å². The van der Waals surface area contributed by atoms with E-state index in [1.807, 2.05) is 0 Å². The largest absolute Gasteiger partial charge is 0.610 e. The van der Waals surface area contributed by atoms with Crippen LogP contribution >= 0.6 is 11.3 Å². The van der Waals surface area contributed by atoms with Gasteiger partial charge in [0.05, 0.1) is 12.1 Å². The fourth-order valence-corrected chi connectivity index (χ4v) is 3.25. The Balaban J connectivity index is 2.47. The lowest BCUT2D eigenvalue weighted by Crippen LogP contribution is -2.07. The molecule has 4 nitrogen and oxygen atoms in total. The molecule has 0 N–H and O–H groups in total. The molecule has 0 unspecified atom stereocenters. The summed E-state index contributed by atoms with van der Waals surface area (Å²) in [5.74, 6) is -1.75. The molecular formula is C11H13F3N2O2S2. The summed E-state index contributed by atoms with van der Waals surface area (Å²) in [6.45, 7) is 2.27. The predicted molar refractivity (Wildman–Crippen MR) is 72.2 cm³/mol. The summed E-state index contributed by atoms with van der Waals surface area (Å²) in [6.07, 6.45) is -0.989. The van der Waals surface area contributed by atoms with Gasteiger partial charge in [0.2, 0.25) is 0 Å². The number of oxime groups is 1. The maximum absolute atomic E-state index is 12.6. The van der Waals surface area contributed by atoms with E-state index in [0.717, 1.165) is 11.3 Å². The second kappa shape index (κ2) is 8.98. The molecule has 9 heteroatoms. The predicted octanol–water partition coefficient (Wildman–Crippen LogP) is 3.28. The third kappa shape index (κ3) is 5.93. The molecule has 0 bridgehead atoms. The molecule has 0 aromatic carbocycles. The Morgan fingerprint density at radius 1 is 1.55 bits per heavy atom. The lowest BCUT2D eigenvalue weighted by Gasteiger charge is -2.05. The number of rotatable bonds is 8. The van der Waals surface area contributed by atoms with Crippen LogP contribution in [0.2, 0.25) is 0 Å². The highest BCUT2D eigenvalue weighted by Gasteiger charge is 2.18. The summed E-state index contributed by atoms with van der Waals surface area (Å²) < 4.78 is 48.3. The number of aromatic nitrogens is 1. The highest BCUT2D eigenvalue weighted by Crippen LogP contribution is 2.21. The van der Waals surface area contributed by atoms with Crippen molar-refractivity contribution in [3.8, 4) is 0 Å². The van der Waals surface area contributed by atoms with Crippen LogP contribution in [0.15, 0.2) is 26.8 Å². The van der Waals surface area contributed by atoms with Gasteiger partial charge in [-0.05, 0) is 6.92 Å². The standard InChI is InChI=1S/C11H13F3N2O2S2/c1-2-18-15-5-3-8-7-19-11(16-8)20(17)6-4-9(12)10(13)14/h5,7H,2-4,6H2,1H3/b15-5+/t20-/m0/s1. The van der Waals surface area contributed by atoms with Crippen molar-refractivity contribution in [2.45, 2.75) is 24.1 Å². The molecule has 1 aromatic heterocycles. The first-order chi connectivity index (χ1) is 9.54. The Morgan fingerprint density at radius 2 is 2.30 bits per heavy atom. The van der Waals surface area contributed by atoms with Crippen molar-refractivity contribution < 1.29 is 22.6 Å². The van der Waals surface area contributed by atoms with Gasteiger partial charge in [0.15, 0.2) is 5.83 Å². The van der Waals surface area contributed by atoms with Crippen LogP contribution in [0.4, 0.5) is 13.2 Å². The van der Waals surface area contributed by atoms with Gasteiger partial charge in [0.1, 0.15) is 12.4 Å².